The Morgan fingerprint density at radius 2 is 2.17 bits per heavy atom. The molecular weight excluding hydrogens is 226 g/mol. The van der Waals surface area contributed by atoms with Crippen LogP contribution in [0.2, 0.25) is 0 Å². The molecule has 1 fully saturated rings. The molecular formula is C13H23N5. The number of nitrogens with one attached hydrogen (secondary N) is 1. The van der Waals surface area contributed by atoms with Crippen LogP contribution >= 0.6 is 0 Å². The van der Waals surface area contributed by atoms with E-state index >= 15 is 0 Å². The van der Waals surface area contributed by atoms with Gasteiger partial charge in [-0.15, -0.1) is 0 Å². The first-order chi connectivity index (χ1) is 8.63. The van der Waals surface area contributed by atoms with Crippen molar-refractivity contribution >= 4 is 11.8 Å². The predicted molar refractivity (Wildman–Crippen MR) is 75.2 cm³/mol. The largest absolute Gasteiger partial charge is 0.357 e. The summed E-state index contributed by atoms with van der Waals surface area (Å²) < 4.78 is 0. The van der Waals surface area contributed by atoms with Crippen molar-refractivity contribution in [3.05, 3.63) is 11.8 Å². The van der Waals surface area contributed by atoms with Crippen LogP contribution in [0.4, 0.5) is 11.8 Å². The zero-order chi connectivity index (χ0) is 13.1. The van der Waals surface area contributed by atoms with E-state index in [0.717, 1.165) is 37.7 Å². The molecule has 18 heavy (non-hydrogen) atoms. The standard InChI is InChI=1S/C13H23N5/c1-5-17-6-7-18(9-11(17)3)12-8-10(2)15-13(14-4)16-12/h8,11H,5-7,9H2,1-4H3,(H,14,15,16). The minimum atomic E-state index is 0.581. The summed E-state index contributed by atoms with van der Waals surface area (Å²) in [5.74, 6) is 1.74. The van der Waals surface area contributed by atoms with Gasteiger partial charge < -0.3 is 10.2 Å². The second-order valence-corrected chi connectivity index (χ2v) is 4.86. The molecule has 1 aliphatic rings. The zero-order valence-corrected chi connectivity index (χ0v) is 11.8. The number of hydrogen-bond acceptors (Lipinski definition) is 5. The number of anilines is 2. The molecule has 1 aromatic rings. The van der Waals surface area contributed by atoms with Crippen molar-refractivity contribution in [2.75, 3.05) is 43.4 Å². The third-order valence-electron chi connectivity index (χ3n) is 3.56. The first-order valence-corrected chi connectivity index (χ1v) is 6.66. The quantitative estimate of drug-likeness (QED) is 0.876. The van der Waals surface area contributed by atoms with Crippen LogP contribution in [-0.2, 0) is 0 Å². The second-order valence-electron chi connectivity index (χ2n) is 4.86. The fraction of sp³-hybridized carbons (Fsp3) is 0.692. The molecule has 0 aromatic carbocycles. The smallest absolute Gasteiger partial charge is 0.224 e. The number of nitrogens with zero attached hydrogens (tertiary/aromatic N) is 4. The maximum absolute atomic E-state index is 4.55. The van der Waals surface area contributed by atoms with Gasteiger partial charge in [-0.2, -0.15) is 4.98 Å². The van der Waals surface area contributed by atoms with Gasteiger partial charge in [-0.05, 0) is 20.4 Å². The summed E-state index contributed by atoms with van der Waals surface area (Å²) in [4.78, 5) is 13.7. The summed E-state index contributed by atoms with van der Waals surface area (Å²) in [7, 11) is 1.86. The minimum absolute atomic E-state index is 0.581. The molecule has 5 nitrogen and oxygen atoms in total. The molecule has 0 saturated carbocycles. The molecule has 0 radical (unpaired) electrons. The van der Waals surface area contributed by atoms with Gasteiger partial charge >= 0.3 is 0 Å². The van der Waals surface area contributed by atoms with Crippen LogP contribution in [-0.4, -0.2) is 54.1 Å². The molecule has 1 aliphatic heterocycles. The second kappa shape index (κ2) is 5.52. The van der Waals surface area contributed by atoms with Gasteiger partial charge in [0.15, 0.2) is 0 Å². The average molecular weight is 249 g/mol. The normalized spacial score (nSPS) is 21.1. The third kappa shape index (κ3) is 2.72. The van der Waals surface area contributed by atoms with Crippen LogP contribution in [0.3, 0.4) is 0 Å². The van der Waals surface area contributed by atoms with Gasteiger partial charge in [0.1, 0.15) is 5.82 Å². The summed E-state index contributed by atoms with van der Waals surface area (Å²) >= 11 is 0. The minimum Gasteiger partial charge on any atom is -0.357 e. The van der Waals surface area contributed by atoms with E-state index in [1.807, 2.05) is 14.0 Å². The maximum atomic E-state index is 4.55. The topological polar surface area (TPSA) is 44.3 Å². The van der Waals surface area contributed by atoms with E-state index in [1.165, 1.54) is 0 Å². The van der Waals surface area contributed by atoms with Crippen molar-refractivity contribution in [1.82, 2.24) is 14.9 Å². The highest BCUT2D eigenvalue weighted by Gasteiger charge is 2.23. The number of likely N-dealkylation sites (N-methyl/N-ethyl adjacent to an activating group) is 1. The zero-order valence-electron chi connectivity index (χ0n) is 11.8. The molecule has 0 aliphatic carbocycles. The molecule has 0 spiro atoms. The van der Waals surface area contributed by atoms with E-state index < -0.39 is 0 Å². The van der Waals surface area contributed by atoms with Crippen molar-refractivity contribution in [3.63, 3.8) is 0 Å². The van der Waals surface area contributed by atoms with Crippen molar-refractivity contribution in [1.29, 1.82) is 0 Å². The van der Waals surface area contributed by atoms with E-state index in [2.05, 4.69) is 45.0 Å². The first kappa shape index (κ1) is 13.1. The van der Waals surface area contributed by atoms with Gasteiger partial charge in [-0.25, -0.2) is 4.98 Å². The molecule has 0 amide bonds. The molecule has 1 N–H and O–H groups in total. The number of piperazine rings is 1. The summed E-state index contributed by atoms with van der Waals surface area (Å²) in [5, 5.41) is 3.02. The number of aryl methyl sites for hydroxylation is 1. The SMILES string of the molecule is CCN1CCN(c2cc(C)nc(NC)n2)CC1C. The Hall–Kier alpha value is -1.36. The Morgan fingerprint density at radius 3 is 2.78 bits per heavy atom. The monoisotopic (exact) mass is 249 g/mol. The van der Waals surface area contributed by atoms with Crippen molar-refractivity contribution in [3.8, 4) is 0 Å². The van der Waals surface area contributed by atoms with E-state index in [4.69, 9.17) is 0 Å². The molecule has 5 heteroatoms. The van der Waals surface area contributed by atoms with Gasteiger partial charge in [0.25, 0.3) is 0 Å². The Labute approximate surface area is 109 Å². The number of rotatable bonds is 3. The highest BCUT2D eigenvalue weighted by atomic mass is 15.3. The van der Waals surface area contributed by atoms with Crippen LogP contribution in [0.1, 0.15) is 19.5 Å². The Bertz CT molecular complexity index is 406. The van der Waals surface area contributed by atoms with Gasteiger partial charge in [0.05, 0.1) is 0 Å². The first-order valence-electron chi connectivity index (χ1n) is 6.66. The van der Waals surface area contributed by atoms with Gasteiger partial charge in [-0.3, -0.25) is 4.90 Å². The van der Waals surface area contributed by atoms with E-state index in [9.17, 15) is 0 Å². The fourth-order valence-corrected chi connectivity index (χ4v) is 2.50. The predicted octanol–water partition coefficient (Wildman–Crippen LogP) is 1.36. The van der Waals surface area contributed by atoms with Crippen LogP contribution < -0.4 is 10.2 Å². The molecule has 2 rings (SSSR count). The maximum Gasteiger partial charge on any atom is 0.224 e. The van der Waals surface area contributed by atoms with Crippen molar-refractivity contribution in [2.24, 2.45) is 0 Å². The summed E-state index contributed by atoms with van der Waals surface area (Å²) in [6, 6.07) is 2.65. The Morgan fingerprint density at radius 1 is 1.39 bits per heavy atom. The van der Waals surface area contributed by atoms with Gasteiger partial charge in [-0.1, -0.05) is 6.92 Å². The Kier molecular flexibility index (Phi) is 4.01. The van der Waals surface area contributed by atoms with Gasteiger partial charge in [0, 0.05) is 44.5 Å². The lowest BCUT2D eigenvalue weighted by molar-refractivity contribution is 0.199. The van der Waals surface area contributed by atoms with E-state index in [0.29, 0.717) is 12.0 Å². The highest BCUT2D eigenvalue weighted by molar-refractivity contribution is 5.45. The fourth-order valence-electron chi connectivity index (χ4n) is 2.50. The van der Waals surface area contributed by atoms with E-state index in [-0.39, 0.29) is 0 Å². The molecule has 1 aromatic heterocycles. The van der Waals surface area contributed by atoms with Crippen LogP contribution in [0.5, 0.6) is 0 Å². The molecule has 1 atom stereocenters. The molecule has 100 valence electrons. The third-order valence-corrected chi connectivity index (χ3v) is 3.56. The van der Waals surface area contributed by atoms with Crippen LogP contribution in [0.15, 0.2) is 6.07 Å². The Balaban J connectivity index is 2.15. The summed E-state index contributed by atoms with van der Waals surface area (Å²) in [6.07, 6.45) is 0. The molecule has 2 heterocycles. The summed E-state index contributed by atoms with van der Waals surface area (Å²) in [6.45, 7) is 10.8. The molecule has 1 saturated heterocycles. The lowest BCUT2D eigenvalue weighted by Gasteiger charge is -2.40. The lowest BCUT2D eigenvalue weighted by atomic mass is 10.2. The van der Waals surface area contributed by atoms with Crippen molar-refractivity contribution in [2.45, 2.75) is 26.8 Å². The van der Waals surface area contributed by atoms with Gasteiger partial charge in [0.2, 0.25) is 5.95 Å². The number of aromatic nitrogens is 2. The molecule has 0 bridgehead atoms. The average Bonchev–Trinajstić information content (AvgIpc) is 2.37. The highest BCUT2D eigenvalue weighted by Crippen LogP contribution is 2.19. The lowest BCUT2D eigenvalue weighted by Crippen LogP contribution is -2.52. The molecule has 1 unspecified atom stereocenters. The van der Waals surface area contributed by atoms with Crippen LogP contribution in [0.25, 0.3) is 0 Å². The van der Waals surface area contributed by atoms with Crippen LogP contribution in [0, 0.1) is 6.92 Å². The number of hydrogen-bond donors (Lipinski definition) is 1. The van der Waals surface area contributed by atoms with E-state index in [1.54, 1.807) is 0 Å². The van der Waals surface area contributed by atoms with Crippen molar-refractivity contribution < 1.29 is 0 Å². The summed E-state index contributed by atoms with van der Waals surface area (Å²) in [5.41, 5.74) is 1.01.